The Bertz CT molecular complexity index is 901. The Labute approximate surface area is 198 Å². The van der Waals surface area contributed by atoms with Gasteiger partial charge in [-0.3, -0.25) is 15.0 Å². The van der Waals surface area contributed by atoms with Crippen molar-refractivity contribution >= 4 is 18.1 Å². The van der Waals surface area contributed by atoms with Crippen molar-refractivity contribution in [3.05, 3.63) is 35.7 Å². The maximum Gasteiger partial charge on any atom is 0.320 e. The lowest BCUT2D eigenvalue weighted by molar-refractivity contribution is -0.141. The average Bonchev–Trinajstić information content (AvgIpc) is 2.81. The predicted octanol–water partition coefficient (Wildman–Crippen LogP) is 2.77. The lowest BCUT2D eigenvalue weighted by Gasteiger charge is -2.43. The number of nitrogens with zero attached hydrogens (tertiary/aromatic N) is 3. The quantitative estimate of drug-likeness (QED) is 0.344. The third-order valence-electron chi connectivity index (χ3n) is 6.74. The van der Waals surface area contributed by atoms with E-state index in [4.69, 9.17) is 4.98 Å². The third-order valence-corrected chi connectivity index (χ3v) is 6.74. The summed E-state index contributed by atoms with van der Waals surface area (Å²) in [4.78, 5) is 22.4. The average molecular weight is 477 g/mol. The molecule has 0 saturated heterocycles. The number of carboxylic acids is 1. The summed E-state index contributed by atoms with van der Waals surface area (Å²) < 4.78 is 27.1. The maximum absolute atomic E-state index is 13.6. The second kappa shape index (κ2) is 11.2. The van der Waals surface area contributed by atoms with E-state index in [2.05, 4.69) is 33.1 Å². The first kappa shape index (κ1) is 24.5. The maximum atomic E-state index is 13.6. The highest BCUT2D eigenvalue weighted by Gasteiger charge is 2.47. The van der Waals surface area contributed by atoms with E-state index in [9.17, 15) is 18.7 Å². The molecule has 3 aliphatic rings. The second-order valence-corrected chi connectivity index (χ2v) is 9.36. The molecule has 1 saturated carbocycles. The summed E-state index contributed by atoms with van der Waals surface area (Å²) in [6.45, 7) is 2.08. The number of fused-ring (bicyclic) bond motifs is 1. The van der Waals surface area contributed by atoms with Gasteiger partial charge < -0.3 is 15.7 Å². The standard InChI is InChI=1S/C24H34F2N6O2/c25-24(26)14-19(15-24)32(13-9-20(23(33)34)31-21-8-11-27-16-29-21)12-2-1-5-18-7-6-17-4-3-10-28-22(17)30-18/h6-8,11,16,19-21,31H,1-5,9-10,12-15H2,(H,27,29)(H,28,30)(H,33,34). The fourth-order valence-electron chi connectivity index (χ4n) is 4.75. The van der Waals surface area contributed by atoms with E-state index >= 15 is 0 Å². The van der Waals surface area contributed by atoms with Gasteiger partial charge in [0.1, 0.15) is 11.9 Å². The van der Waals surface area contributed by atoms with Crippen LogP contribution in [0.15, 0.2) is 29.4 Å². The van der Waals surface area contributed by atoms with Crippen LogP contribution in [0.25, 0.3) is 0 Å². The Hall–Kier alpha value is -2.59. The summed E-state index contributed by atoms with van der Waals surface area (Å²) in [6.07, 6.45) is 9.33. The van der Waals surface area contributed by atoms with Crippen molar-refractivity contribution in [1.82, 2.24) is 20.5 Å². The molecule has 4 rings (SSSR count). The van der Waals surface area contributed by atoms with Crippen LogP contribution < -0.4 is 16.0 Å². The van der Waals surface area contributed by atoms with E-state index in [0.29, 0.717) is 19.5 Å². The molecule has 0 bridgehead atoms. The van der Waals surface area contributed by atoms with Crippen molar-refractivity contribution < 1.29 is 18.7 Å². The minimum absolute atomic E-state index is 0.153. The Morgan fingerprint density at radius 1 is 1.29 bits per heavy atom. The molecule has 8 nitrogen and oxygen atoms in total. The number of carboxylic acid groups (broad SMARTS) is 1. The molecule has 2 aliphatic heterocycles. The van der Waals surface area contributed by atoms with Crippen molar-refractivity contribution in [3.8, 4) is 0 Å². The van der Waals surface area contributed by atoms with Crippen LogP contribution in [-0.4, -0.2) is 71.1 Å². The first-order valence-electron chi connectivity index (χ1n) is 12.2. The van der Waals surface area contributed by atoms with Gasteiger partial charge in [-0.2, -0.15) is 0 Å². The Morgan fingerprint density at radius 2 is 2.15 bits per heavy atom. The summed E-state index contributed by atoms with van der Waals surface area (Å²) in [5.41, 5.74) is 2.31. The number of pyridine rings is 1. The molecule has 186 valence electrons. The first-order chi connectivity index (χ1) is 16.4. The van der Waals surface area contributed by atoms with Crippen LogP contribution in [0, 0.1) is 0 Å². The number of aryl methyl sites for hydroxylation is 2. The Kier molecular flexibility index (Phi) is 8.10. The lowest BCUT2D eigenvalue weighted by atomic mass is 9.86. The van der Waals surface area contributed by atoms with Gasteiger partial charge in [-0.1, -0.05) is 6.07 Å². The highest BCUT2D eigenvalue weighted by Crippen LogP contribution is 2.40. The predicted molar refractivity (Wildman–Crippen MR) is 127 cm³/mol. The molecular formula is C24H34F2N6O2. The molecule has 2 atom stereocenters. The molecule has 0 amide bonds. The van der Waals surface area contributed by atoms with E-state index < -0.39 is 17.9 Å². The molecule has 1 aromatic heterocycles. The largest absolute Gasteiger partial charge is 0.480 e. The molecule has 0 aromatic carbocycles. The summed E-state index contributed by atoms with van der Waals surface area (Å²) in [6, 6.07) is 3.24. The minimum Gasteiger partial charge on any atom is -0.480 e. The summed E-state index contributed by atoms with van der Waals surface area (Å²) >= 11 is 0. The molecule has 2 unspecified atom stereocenters. The topological polar surface area (TPSA) is 102 Å². The number of hydrogen-bond donors (Lipinski definition) is 4. The summed E-state index contributed by atoms with van der Waals surface area (Å²) in [7, 11) is 0. The van der Waals surface area contributed by atoms with Crippen LogP contribution in [0.5, 0.6) is 0 Å². The van der Waals surface area contributed by atoms with Gasteiger partial charge in [-0.25, -0.2) is 18.8 Å². The van der Waals surface area contributed by atoms with E-state index in [1.165, 1.54) is 11.9 Å². The molecule has 1 aromatic rings. The molecule has 0 radical (unpaired) electrons. The minimum atomic E-state index is -2.61. The number of rotatable bonds is 12. The van der Waals surface area contributed by atoms with Gasteiger partial charge in [-0.15, -0.1) is 0 Å². The molecule has 1 aliphatic carbocycles. The number of aliphatic imine (C=N–C) groups is 1. The summed E-state index contributed by atoms with van der Waals surface area (Å²) in [5.74, 6) is -2.57. The van der Waals surface area contributed by atoms with E-state index in [0.717, 1.165) is 50.2 Å². The van der Waals surface area contributed by atoms with Crippen LogP contribution in [0.3, 0.4) is 0 Å². The molecule has 34 heavy (non-hydrogen) atoms. The van der Waals surface area contributed by atoms with Crippen molar-refractivity contribution in [2.45, 2.75) is 75.5 Å². The number of anilines is 1. The smallest absolute Gasteiger partial charge is 0.320 e. The van der Waals surface area contributed by atoms with E-state index in [-0.39, 0.29) is 25.0 Å². The fraction of sp³-hybridized carbons (Fsp3) is 0.625. The number of hydrogen-bond acceptors (Lipinski definition) is 7. The van der Waals surface area contributed by atoms with E-state index in [1.807, 2.05) is 4.90 Å². The third kappa shape index (κ3) is 6.73. The van der Waals surface area contributed by atoms with Crippen molar-refractivity contribution in [2.75, 3.05) is 25.0 Å². The molecule has 1 fully saturated rings. The highest BCUT2D eigenvalue weighted by molar-refractivity contribution is 5.73. The Balaban J connectivity index is 1.27. The van der Waals surface area contributed by atoms with Crippen molar-refractivity contribution in [1.29, 1.82) is 0 Å². The highest BCUT2D eigenvalue weighted by atomic mass is 19.3. The van der Waals surface area contributed by atoms with Crippen molar-refractivity contribution in [2.24, 2.45) is 4.99 Å². The second-order valence-electron chi connectivity index (χ2n) is 9.36. The van der Waals surface area contributed by atoms with Crippen LogP contribution in [0.2, 0.25) is 0 Å². The summed E-state index contributed by atoms with van der Waals surface area (Å²) in [5, 5.41) is 19.0. The van der Waals surface area contributed by atoms with Gasteiger partial charge in [0.05, 0.1) is 12.5 Å². The number of alkyl halides is 2. The number of nitrogens with one attached hydrogen (secondary N) is 3. The van der Waals surface area contributed by atoms with Gasteiger partial charge in [-0.05, 0) is 62.8 Å². The molecule has 10 heteroatoms. The van der Waals surface area contributed by atoms with Crippen LogP contribution in [0.1, 0.15) is 49.8 Å². The van der Waals surface area contributed by atoms with Crippen LogP contribution >= 0.6 is 0 Å². The van der Waals surface area contributed by atoms with Gasteiger partial charge in [0.15, 0.2) is 0 Å². The molecule has 3 heterocycles. The Morgan fingerprint density at radius 3 is 2.88 bits per heavy atom. The monoisotopic (exact) mass is 476 g/mol. The number of carbonyl (C=O) groups is 1. The number of aromatic nitrogens is 1. The lowest BCUT2D eigenvalue weighted by Crippen LogP contribution is -2.54. The van der Waals surface area contributed by atoms with E-state index in [1.54, 1.807) is 12.3 Å². The molecule has 0 spiro atoms. The van der Waals surface area contributed by atoms with Crippen LogP contribution in [0.4, 0.5) is 14.6 Å². The van der Waals surface area contributed by atoms with Gasteiger partial charge in [0, 0.05) is 43.9 Å². The zero-order valence-corrected chi connectivity index (χ0v) is 19.4. The van der Waals surface area contributed by atoms with Gasteiger partial charge in [0.2, 0.25) is 0 Å². The molecule has 4 N–H and O–H groups in total. The zero-order valence-electron chi connectivity index (χ0n) is 19.4. The van der Waals surface area contributed by atoms with Gasteiger partial charge in [0.25, 0.3) is 5.92 Å². The fourth-order valence-corrected chi connectivity index (χ4v) is 4.75. The number of unbranched alkanes of at least 4 members (excludes halogenated alkanes) is 1. The van der Waals surface area contributed by atoms with Crippen LogP contribution in [-0.2, 0) is 17.6 Å². The normalized spacial score (nSPS) is 21.9. The number of aliphatic carboxylic acids is 1. The molecular weight excluding hydrogens is 442 g/mol. The zero-order chi connectivity index (χ0) is 24.0. The SMILES string of the molecule is O=C(O)C(CCN(CCCCc1ccc2c(n1)NCCC2)C1CC(F)(F)C1)NC1C=CN=CN1. The van der Waals surface area contributed by atoms with Crippen molar-refractivity contribution in [3.63, 3.8) is 0 Å². The first-order valence-corrected chi connectivity index (χ1v) is 12.2. The van der Waals surface area contributed by atoms with Gasteiger partial charge >= 0.3 is 5.97 Å². The number of halogens is 2.